The Morgan fingerprint density at radius 1 is 0.792 bits per heavy atom. The van der Waals surface area contributed by atoms with Crippen molar-refractivity contribution in [3.63, 3.8) is 0 Å². The third kappa shape index (κ3) is 12.3. The third-order valence-electron chi connectivity index (χ3n) is 3.73. The summed E-state index contributed by atoms with van der Waals surface area (Å²) in [6.07, 6.45) is 7.87. The molecule has 142 valence electrons. The fourth-order valence-corrected chi connectivity index (χ4v) is 2.18. The van der Waals surface area contributed by atoms with E-state index in [1.807, 2.05) is 0 Å². The molecule has 6 heteroatoms. The van der Waals surface area contributed by atoms with E-state index in [1.54, 1.807) is 0 Å². The molecule has 0 spiro atoms. The number of ether oxygens (including phenoxy) is 2. The molecule has 0 aromatic rings. The van der Waals surface area contributed by atoms with Crippen LogP contribution in [-0.2, 0) is 19.1 Å². The fourth-order valence-electron chi connectivity index (χ4n) is 2.18. The van der Waals surface area contributed by atoms with E-state index in [9.17, 15) is 19.8 Å². The van der Waals surface area contributed by atoms with E-state index in [2.05, 4.69) is 13.8 Å². The van der Waals surface area contributed by atoms with E-state index in [0.717, 1.165) is 44.9 Å². The molecule has 0 aliphatic rings. The Labute approximate surface area is 145 Å². The van der Waals surface area contributed by atoms with Crippen molar-refractivity contribution in [2.45, 2.75) is 90.3 Å². The first-order chi connectivity index (χ1) is 11.4. The summed E-state index contributed by atoms with van der Waals surface area (Å²) in [6.45, 7) is 4.76. The molecule has 2 N–H and O–H groups in total. The van der Waals surface area contributed by atoms with E-state index < -0.39 is 11.8 Å². The Bertz CT molecular complexity index is 340. The first kappa shape index (κ1) is 22.9. The van der Waals surface area contributed by atoms with E-state index in [0.29, 0.717) is 13.0 Å². The highest BCUT2D eigenvalue weighted by Crippen LogP contribution is 2.14. The van der Waals surface area contributed by atoms with E-state index in [-0.39, 0.29) is 31.8 Å². The topological polar surface area (TPSA) is 93.1 Å². The molecule has 0 aliphatic heterocycles. The minimum atomic E-state index is -2.54. The summed E-state index contributed by atoms with van der Waals surface area (Å²) in [5.74, 6) is -3.96. The van der Waals surface area contributed by atoms with Crippen LogP contribution in [0.25, 0.3) is 0 Å². The molecule has 0 amide bonds. The number of rotatable bonds is 15. The van der Waals surface area contributed by atoms with Crippen LogP contribution >= 0.6 is 0 Å². The second-order valence-electron chi connectivity index (χ2n) is 6.15. The molecule has 0 aromatic carbocycles. The van der Waals surface area contributed by atoms with E-state index >= 15 is 0 Å². The fraction of sp³-hybridized carbons (Fsp3) is 0.889. The molecule has 0 radical (unpaired) electrons. The summed E-state index contributed by atoms with van der Waals surface area (Å²) in [7, 11) is 0. The molecule has 0 fully saturated rings. The molecule has 0 aliphatic carbocycles. The minimum absolute atomic E-state index is 0.0560. The predicted octanol–water partition coefficient (Wildman–Crippen LogP) is 3.08. The molecule has 0 atom stereocenters. The van der Waals surface area contributed by atoms with Crippen LogP contribution in [0.1, 0.15) is 84.5 Å². The predicted molar refractivity (Wildman–Crippen MR) is 91.2 cm³/mol. The third-order valence-corrected chi connectivity index (χ3v) is 3.73. The van der Waals surface area contributed by atoms with Gasteiger partial charge in [-0.2, -0.15) is 0 Å². The molecule has 0 saturated carbocycles. The van der Waals surface area contributed by atoms with Crippen LogP contribution in [0.4, 0.5) is 0 Å². The lowest BCUT2D eigenvalue weighted by atomic mass is 10.1. The van der Waals surface area contributed by atoms with Gasteiger partial charge in [0.2, 0.25) is 0 Å². The summed E-state index contributed by atoms with van der Waals surface area (Å²) < 4.78 is 9.91. The first-order valence-corrected chi connectivity index (χ1v) is 9.21. The molecule has 0 aromatic heterocycles. The van der Waals surface area contributed by atoms with Crippen LogP contribution in [0.2, 0.25) is 0 Å². The molecule has 0 unspecified atom stereocenters. The monoisotopic (exact) mass is 346 g/mol. The second-order valence-corrected chi connectivity index (χ2v) is 6.15. The van der Waals surface area contributed by atoms with E-state index in [1.165, 1.54) is 0 Å². The molecule has 0 heterocycles. The summed E-state index contributed by atoms with van der Waals surface area (Å²) in [4.78, 5) is 23.1. The Balaban J connectivity index is 3.77. The SMILES string of the molecule is CCCCCCOC(=O)CCCC(O)(O)C(=O)OCCCCCC. The molecule has 0 rings (SSSR count). The number of aliphatic hydroxyl groups is 2. The zero-order valence-electron chi connectivity index (χ0n) is 15.2. The van der Waals surface area contributed by atoms with Gasteiger partial charge in [0.25, 0.3) is 5.79 Å². The van der Waals surface area contributed by atoms with Crippen molar-refractivity contribution in [2.75, 3.05) is 13.2 Å². The Kier molecular flexibility index (Phi) is 13.5. The smallest absolute Gasteiger partial charge is 0.366 e. The number of unbranched alkanes of at least 4 members (excludes halogenated alkanes) is 6. The van der Waals surface area contributed by atoms with Crippen LogP contribution in [-0.4, -0.2) is 41.2 Å². The lowest BCUT2D eigenvalue weighted by molar-refractivity contribution is -0.212. The van der Waals surface area contributed by atoms with Crippen molar-refractivity contribution in [3.8, 4) is 0 Å². The molecule has 24 heavy (non-hydrogen) atoms. The van der Waals surface area contributed by atoms with E-state index in [4.69, 9.17) is 9.47 Å². The van der Waals surface area contributed by atoms with Gasteiger partial charge in [0.15, 0.2) is 0 Å². The van der Waals surface area contributed by atoms with Crippen molar-refractivity contribution < 1.29 is 29.3 Å². The molecule has 6 nitrogen and oxygen atoms in total. The van der Waals surface area contributed by atoms with Gasteiger partial charge < -0.3 is 19.7 Å². The number of carbonyl (C=O) groups is 2. The lowest BCUT2D eigenvalue weighted by Gasteiger charge is -2.19. The van der Waals surface area contributed by atoms with Crippen molar-refractivity contribution in [1.82, 2.24) is 0 Å². The second kappa shape index (κ2) is 14.2. The van der Waals surface area contributed by atoms with Crippen molar-refractivity contribution in [3.05, 3.63) is 0 Å². The maximum absolute atomic E-state index is 11.6. The minimum Gasteiger partial charge on any atom is -0.466 e. The summed E-state index contributed by atoms with van der Waals surface area (Å²) in [5, 5.41) is 19.4. The number of carbonyl (C=O) groups excluding carboxylic acids is 2. The molecular weight excluding hydrogens is 312 g/mol. The van der Waals surface area contributed by atoms with Gasteiger partial charge in [0, 0.05) is 12.8 Å². The molecule has 0 saturated heterocycles. The van der Waals surface area contributed by atoms with Crippen molar-refractivity contribution in [1.29, 1.82) is 0 Å². The number of hydrogen-bond acceptors (Lipinski definition) is 6. The van der Waals surface area contributed by atoms with Gasteiger partial charge in [-0.25, -0.2) is 4.79 Å². The first-order valence-electron chi connectivity index (χ1n) is 9.21. The summed E-state index contributed by atoms with van der Waals surface area (Å²) >= 11 is 0. The normalized spacial score (nSPS) is 11.3. The van der Waals surface area contributed by atoms with Gasteiger partial charge in [-0.1, -0.05) is 52.4 Å². The van der Waals surface area contributed by atoms with Gasteiger partial charge in [-0.05, 0) is 19.3 Å². The van der Waals surface area contributed by atoms with Crippen molar-refractivity contribution in [2.24, 2.45) is 0 Å². The standard InChI is InChI=1S/C18H34O6/c1-3-5-7-9-14-23-16(19)12-11-13-18(21,22)17(20)24-15-10-8-6-4-2/h21-22H,3-15H2,1-2H3. The van der Waals surface area contributed by atoms with Gasteiger partial charge in [-0.3, -0.25) is 4.79 Å². The van der Waals surface area contributed by atoms with Gasteiger partial charge in [-0.15, -0.1) is 0 Å². The highest BCUT2D eigenvalue weighted by Gasteiger charge is 2.34. The number of esters is 2. The maximum atomic E-state index is 11.6. The highest BCUT2D eigenvalue weighted by atomic mass is 16.6. The van der Waals surface area contributed by atoms with Crippen LogP contribution in [0, 0.1) is 0 Å². The Morgan fingerprint density at radius 2 is 1.33 bits per heavy atom. The quantitative estimate of drug-likeness (QED) is 0.269. The summed E-state index contributed by atoms with van der Waals surface area (Å²) in [6, 6.07) is 0. The zero-order valence-corrected chi connectivity index (χ0v) is 15.2. The Hall–Kier alpha value is -1.14. The number of hydrogen-bond donors (Lipinski definition) is 2. The van der Waals surface area contributed by atoms with Gasteiger partial charge in [0.1, 0.15) is 0 Å². The van der Waals surface area contributed by atoms with Gasteiger partial charge in [0.05, 0.1) is 13.2 Å². The van der Waals surface area contributed by atoms with Gasteiger partial charge >= 0.3 is 11.9 Å². The van der Waals surface area contributed by atoms with Crippen LogP contribution in [0.3, 0.4) is 0 Å². The zero-order chi connectivity index (χ0) is 18.3. The van der Waals surface area contributed by atoms with Crippen LogP contribution in [0.5, 0.6) is 0 Å². The molecule has 0 bridgehead atoms. The largest absolute Gasteiger partial charge is 0.466 e. The lowest BCUT2D eigenvalue weighted by Crippen LogP contribution is -2.40. The maximum Gasteiger partial charge on any atom is 0.366 e. The average molecular weight is 346 g/mol. The van der Waals surface area contributed by atoms with Crippen LogP contribution in [0.15, 0.2) is 0 Å². The van der Waals surface area contributed by atoms with Crippen molar-refractivity contribution >= 4 is 11.9 Å². The Morgan fingerprint density at radius 3 is 1.88 bits per heavy atom. The van der Waals surface area contributed by atoms with Crippen LogP contribution < -0.4 is 0 Å². The average Bonchev–Trinajstić information content (AvgIpc) is 2.54. The highest BCUT2D eigenvalue weighted by molar-refractivity contribution is 5.77. The summed E-state index contributed by atoms with van der Waals surface area (Å²) in [5.41, 5.74) is 0. The molecular formula is C18H34O6.